The smallest absolute Gasteiger partial charge is 0.225 e. The van der Waals surface area contributed by atoms with E-state index in [4.69, 9.17) is 0 Å². The van der Waals surface area contributed by atoms with Gasteiger partial charge in [0.25, 0.3) is 0 Å². The molecule has 0 bridgehead atoms. The van der Waals surface area contributed by atoms with Gasteiger partial charge in [0.2, 0.25) is 5.95 Å². The van der Waals surface area contributed by atoms with Crippen molar-refractivity contribution < 1.29 is 4.39 Å². The van der Waals surface area contributed by atoms with Crippen LogP contribution >= 0.6 is 0 Å². The highest BCUT2D eigenvalue weighted by Crippen LogP contribution is 2.40. The fourth-order valence-electron chi connectivity index (χ4n) is 4.22. The molecule has 1 aromatic carbocycles. The molecule has 1 spiro atoms. The summed E-state index contributed by atoms with van der Waals surface area (Å²) < 4.78 is 13.4. The van der Waals surface area contributed by atoms with E-state index in [1.807, 2.05) is 24.5 Å². The summed E-state index contributed by atoms with van der Waals surface area (Å²) in [6.45, 7) is 5.06. The van der Waals surface area contributed by atoms with Crippen LogP contribution in [0.15, 0.2) is 42.7 Å². The zero-order valence-corrected chi connectivity index (χ0v) is 13.9. The standard InChI is InChI=1S/C19H23FN4/c20-17-5-1-4-16(12-17)13-23-11-7-19(14-23)6-2-10-24(15-19)18-21-8-3-9-22-18/h1,3-5,8-9,12H,2,6-7,10-11,13-15H2/t19-/m0/s1. The number of hydrogen-bond donors (Lipinski definition) is 0. The Kier molecular flexibility index (Phi) is 4.19. The second-order valence-corrected chi connectivity index (χ2v) is 7.16. The van der Waals surface area contributed by atoms with E-state index in [0.717, 1.165) is 44.2 Å². The van der Waals surface area contributed by atoms with Crippen molar-refractivity contribution in [1.29, 1.82) is 0 Å². The Morgan fingerprint density at radius 3 is 2.75 bits per heavy atom. The second kappa shape index (κ2) is 6.48. The van der Waals surface area contributed by atoms with Crippen molar-refractivity contribution in [2.45, 2.75) is 25.8 Å². The van der Waals surface area contributed by atoms with Crippen LogP contribution in [-0.4, -0.2) is 41.0 Å². The van der Waals surface area contributed by atoms with Gasteiger partial charge in [-0.25, -0.2) is 14.4 Å². The molecular weight excluding hydrogens is 303 g/mol. The summed E-state index contributed by atoms with van der Waals surface area (Å²) in [7, 11) is 0. The summed E-state index contributed by atoms with van der Waals surface area (Å²) in [5, 5.41) is 0. The number of hydrogen-bond acceptors (Lipinski definition) is 4. The fraction of sp³-hybridized carbons (Fsp3) is 0.474. The van der Waals surface area contributed by atoms with Crippen molar-refractivity contribution >= 4 is 5.95 Å². The van der Waals surface area contributed by atoms with Crippen LogP contribution in [0.4, 0.5) is 10.3 Å². The van der Waals surface area contributed by atoms with E-state index in [2.05, 4.69) is 19.8 Å². The summed E-state index contributed by atoms with van der Waals surface area (Å²) in [5.41, 5.74) is 1.39. The van der Waals surface area contributed by atoms with Crippen molar-refractivity contribution in [3.63, 3.8) is 0 Å². The lowest BCUT2D eigenvalue weighted by molar-refractivity contribution is 0.215. The number of anilines is 1. The third-order valence-corrected chi connectivity index (χ3v) is 5.31. The first kappa shape index (κ1) is 15.5. The number of aromatic nitrogens is 2. The molecule has 2 aromatic rings. The van der Waals surface area contributed by atoms with E-state index in [9.17, 15) is 4.39 Å². The molecule has 0 radical (unpaired) electrons. The van der Waals surface area contributed by atoms with E-state index in [-0.39, 0.29) is 5.82 Å². The molecule has 2 aliphatic rings. The molecule has 3 heterocycles. The average Bonchev–Trinajstić information content (AvgIpc) is 2.97. The first-order valence-electron chi connectivity index (χ1n) is 8.71. The Bertz CT molecular complexity index is 693. The molecule has 0 saturated carbocycles. The summed E-state index contributed by atoms with van der Waals surface area (Å²) in [4.78, 5) is 13.6. The van der Waals surface area contributed by atoms with Crippen LogP contribution in [0, 0.1) is 11.2 Å². The predicted octanol–water partition coefficient (Wildman–Crippen LogP) is 3.11. The van der Waals surface area contributed by atoms with Crippen molar-refractivity contribution in [2.24, 2.45) is 5.41 Å². The quantitative estimate of drug-likeness (QED) is 0.867. The Balaban J connectivity index is 1.43. The molecule has 4 nitrogen and oxygen atoms in total. The fourth-order valence-corrected chi connectivity index (χ4v) is 4.22. The van der Waals surface area contributed by atoms with Crippen molar-refractivity contribution in [3.05, 3.63) is 54.1 Å². The molecule has 2 aliphatic heterocycles. The Morgan fingerprint density at radius 1 is 1.04 bits per heavy atom. The van der Waals surface area contributed by atoms with Gasteiger partial charge in [-0.15, -0.1) is 0 Å². The van der Waals surface area contributed by atoms with Crippen LogP contribution in [0.1, 0.15) is 24.8 Å². The molecule has 0 aliphatic carbocycles. The van der Waals surface area contributed by atoms with Crippen LogP contribution < -0.4 is 4.90 Å². The van der Waals surface area contributed by atoms with Crippen LogP contribution in [-0.2, 0) is 6.54 Å². The molecule has 4 rings (SSSR count). The topological polar surface area (TPSA) is 32.3 Å². The summed E-state index contributed by atoms with van der Waals surface area (Å²) in [6, 6.07) is 8.83. The Labute approximate surface area is 142 Å². The third kappa shape index (κ3) is 3.26. The molecule has 0 unspecified atom stereocenters. The summed E-state index contributed by atoms with van der Waals surface area (Å²) in [5.74, 6) is 0.701. The minimum absolute atomic E-state index is 0.147. The number of halogens is 1. The van der Waals surface area contributed by atoms with Crippen molar-refractivity contribution in [3.8, 4) is 0 Å². The molecule has 2 saturated heterocycles. The zero-order chi connectivity index (χ0) is 16.4. The molecule has 0 N–H and O–H groups in total. The van der Waals surface area contributed by atoms with E-state index >= 15 is 0 Å². The van der Waals surface area contributed by atoms with E-state index < -0.39 is 0 Å². The van der Waals surface area contributed by atoms with Crippen LogP contribution in [0.3, 0.4) is 0 Å². The van der Waals surface area contributed by atoms with Gasteiger partial charge in [-0.3, -0.25) is 4.90 Å². The lowest BCUT2D eigenvalue weighted by Crippen LogP contribution is -2.45. The molecule has 1 aromatic heterocycles. The van der Waals surface area contributed by atoms with E-state index in [1.54, 1.807) is 12.1 Å². The van der Waals surface area contributed by atoms with Gasteiger partial charge in [0, 0.05) is 44.0 Å². The predicted molar refractivity (Wildman–Crippen MR) is 92.2 cm³/mol. The number of nitrogens with zero attached hydrogens (tertiary/aromatic N) is 4. The van der Waals surface area contributed by atoms with Crippen LogP contribution in [0.2, 0.25) is 0 Å². The third-order valence-electron chi connectivity index (χ3n) is 5.31. The summed E-state index contributed by atoms with van der Waals surface area (Å²) in [6.07, 6.45) is 7.27. The highest BCUT2D eigenvalue weighted by Gasteiger charge is 2.41. The SMILES string of the molecule is Fc1cccc(CN2CC[C@@]3(CCCN(c4ncccn4)C3)C2)c1. The minimum atomic E-state index is -0.147. The maximum Gasteiger partial charge on any atom is 0.225 e. The van der Waals surface area contributed by atoms with E-state index in [0.29, 0.717) is 5.41 Å². The molecule has 2 fully saturated rings. The molecular formula is C19H23FN4. The van der Waals surface area contributed by atoms with Gasteiger partial charge in [-0.2, -0.15) is 0 Å². The number of piperidine rings is 1. The van der Waals surface area contributed by atoms with Gasteiger partial charge in [0.1, 0.15) is 5.82 Å². The molecule has 24 heavy (non-hydrogen) atoms. The van der Waals surface area contributed by atoms with E-state index in [1.165, 1.54) is 25.3 Å². The van der Waals surface area contributed by atoms with Crippen LogP contribution in [0.5, 0.6) is 0 Å². The van der Waals surface area contributed by atoms with Gasteiger partial charge in [-0.05, 0) is 49.6 Å². The molecule has 0 amide bonds. The number of benzene rings is 1. The molecule has 126 valence electrons. The lowest BCUT2D eigenvalue weighted by Gasteiger charge is -2.40. The summed E-state index contributed by atoms with van der Waals surface area (Å²) >= 11 is 0. The van der Waals surface area contributed by atoms with Gasteiger partial charge < -0.3 is 4.90 Å². The lowest BCUT2D eigenvalue weighted by atomic mass is 9.79. The van der Waals surface area contributed by atoms with Gasteiger partial charge in [0.15, 0.2) is 0 Å². The zero-order valence-electron chi connectivity index (χ0n) is 13.9. The average molecular weight is 326 g/mol. The van der Waals surface area contributed by atoms with Gasteiger partial charge in [0.05, 0.1) is 0 Å². The number of likely N-dealkylation sites (tertiary alicyclic amines) is 1. The first-order valence-corrected chi connectivity index (χ1v) is 8.71. The maximum absolute atomic E-state index is 13.4. The second-order valence-electron chi connectivity index (χ2n) is 7.16. The molecule has 5 heteroatoms. The van der Waals surface area contributed by atoms with Crippen LogP contribution in [0.25, 0.3) is 0 Å². The van der Waals surface area contributed by atoms with Crippen molar-refractivity contribution in [2.75, 3.05) is 31.1 Å². The van der Waals surface area contributed by atoms with Gasteiger partial charge in [-0.1, -0.05) is 12.1 Å². The number of rotatable bonds is 3. The highest BCUT2D eigenvalue weighted by molar-refractivity contribution is 5.30. The van der Waals surface area contributed by atoms with Gasteiger partial charge >= 0.3 is 0 Å². The van der Waals surface area contributed by atoms with Crippen molar-refractivity contribution in [1.82, 2.24) is 14.9 Å². The highest BCUT2D eigenvalue weighted by atomic mass is 19.1. The minimum Gasteiger partial charge on any atom is -0.340 e. The Hall–Kier alpha value is -2.01. The maximum atomic E-state index is 13.4. The Morgan fingerprint density at radius 2 is 1.92 bits per heavy atom. The monoisotopic (exact) mass is 326 g/mol. The molecule has 1 atom stereocenters. The largest absolute Gasteiger partial charge is 0.340 e. The first-order chi connectivity index (χ1) is 11.7. The normalized spacial score (nSPS) is 24.6.